The highest BCUT2D eigenvalue weighted by Gasteiger charge is 2.21. The standard InChI is InChI=1S/C23H22N2O3/c26-21-11-6-7-17-13-14-25(15-19(17)21)16-23(27)24-20-10-4-5-12-22(20)28-18-8-2-1-3-9-18/h1-12,26H,13-16H2,(H,24,27). The molecule has 4 rings (SSSR count). The molecule has 0 atom stereocenters. The summed E-state index contributed by atoms with van der Waals surface area (Å²) in [6.45, 7) is 1.61. The van der Waals surface area contributed by atoms with Crippen LogP contribution in [-0.4, -0.2) is 29.0 Å². The number of fused-ring (bicyclic) bond motifs is 1. The number of rotatable bonds is 5. The van der Waals surface area contributed by atoms with Crippen molar-refractivity contribution < 1.29 is 14.6 Å². The molecule has 3 aromatic rings. The predicted molar refractivity (Wildman–Crippen MR) is 109 cm³/mol. The average molecular weight is 374 g/mol. The highest BCUT2D eigenvalue weighted by molar-refractivity contribution is 5.93. The zero-order chi connectivity index (χ0) is 19.3. The normalized spacial score (nSPS) is 13.6. The van der Waals surface area contributed by atoms with Gasteiger partial charge in [-0.1, -0.05) is 42.5 Å². The van der Waals surface area contributed by atoms with E-state index in [-0.39, 0.29) is 12.5 Å². The molecule has 5 heteroatoms. The molecule has 1 aliphatic rings. The lowest BCUT2D eigenvalue weighted by Crippen LogP contribution is -2.37. The van der Waals surface area contributed by atoms with Crippen LogP contribution in [0.15, 0.2) is 72.8 Å². The second-order valence-electron chi connectivity index (χ2n) is 6.83. The van der Waals surface area contributed by atoms with Crippen LogP contribution in [0.3, 0.4) is 0 Å². The molecule has 0 saturated carbocycles. The van der Waals surface area contributed by atoms with Gasteiger partial charge in [-0.15, -0.1) is 0 Å². The highest BCUT2D eigenvalue weighted by Crippen LogP contribution is 2.30. The van der Waals surface area contributed by atoms with Crippen LogP contribution >= 0.6 is 0 Å². The molecule has 3 aromatic carbocycles. The van der Waals surface area contributed by atoms with Gasteiger partial charge >= 0.3 is 0 Å². The molecule has 1 heterocycles. The van der Waals surface area contributed by atoms with Crippen LogP contribution in [0.5, 0.6) is 17.2 Å². The Morgan fingerprint density at radius 3 is 2.64 bits per heavy atom. The Labute approximate surface area is 164 Å². The van der Waals surface area contributed by atoms with E-state index in [4.69, 9.17) is 4.74 Å². The summed E-state index contributed by atoms with van der Waals surface area (Å²) in [5, 5.41) is 13.0. The Kier molecular flexibility index (Phi) is 5.26. The summed E-state index contributed by atoms with van der Waals surface area (Å²) in [5.74, 6) is 1.50. The summed E-state index contributed by atoms with van der Waals surface area (Å²) in [5.41, 5.74) is 2.70. The number of phenolic OH excluding ortho intramolecular Hbond substituents is 1. The first-order valence-electron chi connectivity index (χ1n) is 9.33. The Hall–Kier alpha value is -3.31. The van der Waals surface area contributed by atoms with Gasteiger partial charge in [0.15, 0.2) is 5.75 Å². The zero-order valence-corrected chi connectivity index (χ0v) is 15.5. The van der Waals surface area contributed by atoms with Gasteiger partial charge in [0.1, 0.15) is 11.5 Å². The molecule has 0 unspecified atom stereocenters. The van der Waals surface area contributed by atoms with Gasteiger partial charge in [0.05, 0.1) is 12.2 Å². The molecule has 28 heavy (non-hydrogen) atoms. The number of amides is 1. The first-order valence-corrected chi connectivity index (χ1v) is 9.33. The smallest absolute Gasteiger partial charge is 0.238 e. The fourth-order valence-electron chi connectivity index (χ4n) is 3.42. The maximum Gasteiger partial charge on any atom is 0.238 e. The molecule has 0 spiro atoms. The SMILES string of the molecule is O=C(CN1CCc2cccc(O)c2C1)Nc1ccccc1Oc1ccccc1. The van der Waals surface area contributed by atoms with Gasteiger partial charge in [0, 0.05) is 18.7 Å². The van der Waals surface area contributed by atoms with E-state index in [1.165, 1.54) is 0 Å². The van der Waals surface area contributed by atoms with Gasteiger partial charge in [0.2, 0.25) is 5.91 Å². The fraction of sp³-hybridized carbons (Fsp3) is 0.174. The van der Waals surface area contributed by atoms with Crippen molar-refractivity contribution in [1.82, 2.24) is 4.90 Å². The van der Waals surface area contributed by atoms with Crippen molar-refractivity contribution in [2.75, 3.05) is 18.4 Å². The molecular formula is C23H22N2O3. The van der Waals surface area contributed by atoms with Gasteiger partial charge in [0.25, 0.3) is 0 Å². The molecule has 1 aliphatic heterocycles. The summed E-state index contributed by atoms with van der Waals surface area (Å²) in [6.07, 6.45) is 0.824. The lowest BCUT2D eigenvalue weighted by atomic mass is 9.99. The van der Waals surface area contributed by atoms with E-state index in [2.05, 4.69) is 5.32 Å². The minimum absolute atomic E-state index is 0.108. The number of para-hydroxylation sites is 3. The number of hydrogen-bond donors (Lipinski definition) is 2. The maximum atomic E-state index is 12.6. The summed E-state index contributed by atoms with van der Waals surface area (Å²) < 4.78 is 5.90. The van der Waals surface area contributed by atoms with Gasteiger partial charge in [-0.25, -0.2) is 0 Å². The number of aromatic hydroxyl groups is 1. The van der Waals surface area contributed by atoms with E-state index < -0.39 is 0 Å². The third kappa shape index (κ3) is 4.15. The van der Waals surface area contributed by atoms with Crippen molar-refractivity contribution in [3.8, 4) is 17.2 Å². The second kappa shape index (κ2) is 8.15. The van der Waals surface area contributed by atoms with E-state index in [0.717, 1.165) is 24.1 Å². The summed E-state index contributed by atoms with van der Waals surface area (Å²) in [7, 11) is 0. The summed E-state index contributed by atoms with van der Waals surface area (Å²) >= 11 is 0. The lowest BCUT2D eigenvalue weighted by Gasteiger charge is -2.28. The van der Waals surface area contributed by atoms with E-state index >= 15 is 0 Å². The van der Waals surface area contributed by atoms with Crippen LogP contribution in [0.1, 0.15) is 11.1 Å². The number of anilines is 1. The molecule has 1 amide bonds. The third-order valence-electron chi connectivity index (χ3n) is 4.83. The molecule has 0 saturated heterocycles. The average Bonchev–Trinajstić information content (AvgIpc) is 2.71. The van der Waals surface area contributed by atoms with E-state index in [0.29, 0.717) is 29.5 Å². The van der Waals surface area contributed by atoms with Crippen LogP contribution in [-0.2, 0) is 17.8 Å². The van der Waals surface area contributed by atoms with Crippen molar-refractivity contribution in [2.24, 2.45) is 0 Å². The van der Waals surface area contributed by atoms with Crippen LogP contribution in [0.4, 0.5) is 5.69 Å². The number of nitrogens with zero attached hydrogens (tertiary/aromatic N) is 1. The van der Waals surface area contributed by atoms with Crippen LogP contribution < -0.4 is 10.1 Å². The van der Waals surface area contributed by atoms with Crippen molar-refractivity contribution >= 4 is 11.6 Å². The zero-order valence-electron chi connectivity index (χ0n) is 15.5. The number of carbonyl (C=O) groups is 1. The summed E-state index contributed by atoms with van der Waals surface area (Å²) in [6, 6.07) is 22.5. The number of carbonyl (C=O) groups excluding carboxylic acids is 1. The predicted octanol–water partition coefficient (Wildman–Crippen LogP) is 4.18. The lowest BCUT2D eigenvalue weighted by molar-refractivity contribution is -0.117. The number of ether oxygens (including phenoxy) is 1. The third-order valence-corrected chi connectivity index (χ3v) is 4.83. The maximum absolute atomic E-state index is 12.6. The number of hydrogen-bond acceptors (Lipinski definition) is 4. The topological polar surface area (TPSA) is 61.8 Å². The van der Waals surface area contributed by atoms with Gasteiger partial charge in [-0.05, 0) is 42.3 Å². The number of nitrogens with one attached hydrogen (secondary N) is 1. The van der Waals surface area contributed by atoms with E-state index in [1.54, 1.807) is 6.07 Å². The quantitative estimate of drug-likeness (QED) is 0.703. The molecule has 0 aliphatic carbocycles. The van der Waals surface area contributed by atoms with Crippen molar-refractivity contribution in [3.63, 3.8) is 0 Å². The summed E-state index contributed by atoms with van der Waals surface area (Å²) in [4.78, 5) is 14.7. The first-order chi connectivity index (χ1) is 13.7. The monoisotopic (exact) mass is 374 g/mol. The molecule has 0 fully saturated rings. The van der Waals surface area contributed by atoms with Gasteiger partial charge < -0.3 is 15.2 Å². The van der Waals surface area contributed by atoms with Gasteiger partial charge in [-0.3, -0.25) is 9.69 Å². The Morgan fingerprint density at radius 2 is 1.79 bits per heavy atom. The fourth-order valence-corrected chi connectivity index (χ4v) is 3.42. The van der Waals surface area contributed by atoms with Crippen LogP contribution in [0.2, 0.25) is 0 Å². The Morgan fingerprint density at radius 1 is 1.00 bits per heavy atom. The molecule has 5 nitrogen and oxygen atoms in total. The molecule has 2 N–H and O–H groups in total. The van der Waals surface area contributed by atoms with Crippen molar-refractivity contribution in [1.29, 1.82) is 0 Å². The number of benzene rings is 3. The van der Waals surface area contributed by atoms with Crippen molar-refractivity contribution in [3.05, 3.63) is 83.9 Å². The van der Waals surface area contributed by atoms with Crippen LogP contribution in [0.25, 0.3) is 0 Å². The van der Waals surface area contributed by atoms with E-state index in [9.17, 15) is 9.90 Å². The van der Waals surface area contributed by atoms with Gasteiger partial charge in [-0.2, -0.15) is 0 Å². The molecular weight excluding hydrogens is 352 g/mol. The molecule has 0 aromatic heterocycles. The highest BCUT2D eigenvalue weighted by atomic mass is 16.5. The van der Waals surface area contributed by atoms with E-state index in [1.807, 2.05) is 71.6 Å². The van der Waals surface area contributed by atoms with Crippen LogP contribution in [0, 0.1) is 0 Å². The number of phenols is 1. The minimum Gasteiger partial charge on any atom is -0.508 e. The second-order valence-corrected chi connectivity index (χ2v) is 6.83. The first kappa shape index (κ1) is 18.1. The molecule has 0 bridgehead atoms. The minimum atomic E-state index is -0.108. The van der Waals surface area contributed by atoms with Crippen molar-refractivity contribution in [2.45, 2.75) is 13.0 Å². The molecule has 142 valence electrons. The Bertz CT molecular complexity index is 973. The Balaban J connectivity index is 1.41. The largest absolute Gasteiger partial charge is 0.508 e. The molecule has 0 radical (unpaired) electrons.